The number of carbonyl (C=O) groups excluding carboxylic acids is 2. The monoisotopic (exact) mass is 492 g/mol. The lowest BCUT2D eigenvalue weighted by molar-refractivity contribution is -0.000981. The first-order valence-corrected chi connectivity index (χ1v) is 10.9. The first-order valence-electron chi connectivity index (χ1n) is 9.74. The minimum absolute atomic E-state index is 0.340. The van der Waals surface area contributed by atoms with E-state index in [4.69, 9.17) is 21.1 Å². The van der Waals surface area contributed by atoms with Crippen molar-refractivity contribution < 1.29 is 19.1 Å². The summed E-state index contributed by atoms with van der Waals surface area (Å²) >= 11 is 9.64. The van der Waals surface area contributed by atoms with Crippen LogP contribution in [0.15, 0.2) is 46.9 Å². The summed E-state index contributed by atoms with van der Waals surface area (Å²) in [6.07, 6.45) is 1.21. The molecule has 0 atom stereocenters. The Morgan fingerprint density at radius 3 is 2.53 bits per heavy atom. The summed E-state index contributed by atoms with van der Waals surface area (Å²) in [7, 11) is 1.34. The van der Waals surface area contributed by atoms with E-state index >= 15 is 0 Å². The summed E-state index contributed by atoms with van der Waals surface area (Å²) in [5, 5.41) is 0.714. The van der Waals surface area contributed by atoms with E-state index in [1.807, 2.05) is 12.1 Å². The zero-order valence-electron chi connectivity index (χ0n) is 16.6. The quantitative estimate of drug-likeness (QED) is 0.568. The lowest BCUT2D eigenvalue weighted by atomic mass is 9.91. The van der Waals surface area contributed by atoms with E-state index in [0.717, 1.165) is 48.2 Å². The predicted molar refractivity (Wildman–Crippen MR) is 118 cm³/mol. The van der Waals surface area contributed by atoms with Crippen LogP contribution in [0.2, 0.25) is 5.02 Å². The van der Waals surface area contributed by atoms with Crippen LogP contribution in [0.4, 0.5) is 10.5 Å². The summed E-state index contributed by atoms with van der Waals surface area (Å²) in [5.41, 5.74) is 1.85. The molecule has 1 amide bonds. The number of benzene rings is 2. The molecule has 4 rings (SSSR count). The largest absolute Gasteiger partial charge is 0.465 e. The van der Waals surface area contributed by atoms with Gasteiger partial charge < -0.3 is 9.47 Å². The molecule has 2 fully saturated rings. The van der Waals surface area contributed by atoms with Gasteiger partial charge in [0.15, 0.2) is 0 Å². The minimum atomic E-state index is -0.469. The highest BCUT2D eigenvalue weighted by atomic mass is 79.9. The predicted octanol–water partition coefficient (Wildman–Crippen LogP) is 4.88. The molecule has 0 aromatic heterocycles. The van der Waals surface area contributed by atoms with Gasteiger partial charge in [0, 0.05) is 47.7 Å². The van der Waals surface area contributed by atoms with Gasteiger partial charge in [-0.1, -0.05) is 27.5 Å². The first-order chi connectivity index (χ1) is 14.4. The van der Waals surface area contributed by atoms with Gasteiger partial charge in [-0.25, -0.2) is 9.59 Å². The second kappa shape index (κ2) is 8.57. The highest BCUT2D eigenvalue weighted by Crippen LogP contribution is 2.36. The molecule has 0 radical (unpaired) electrons. The SMILES string of the molecule is COC(=O)c1ccc(N2CC3(CCN(Cc4cc(Cl)cc(Br)c4)CC3)OC2=O)cc1. The van der Waals surface area contributed by atoms with Crippen molar-refractivity contribution in [3.8, 4) is 0 Å². The van der Waals surface area contributed by atoms with Gasteiger partial charge in [-0.2, -0.15) is 0 Å². The van der Waals surface area contributed by atoms with Gasteiger partial charge in [0.2, 0.25) is 0 Å². The first kappa shape index (κ1) is 21.2. The van der Waals surface area contributed by atoms with E-state index < -0.39 is 11.6 Å². The number of methoxy groups -OCH3 is 1. The number of nitrogens with zero attached hydrogens (tertiary/aromatic N) is 2. The molecular weight excluding hydrogens is 472 g/mol. The van der Waals surface area contributed by atoms with Gasteiger partial charge in [-0.3, -0.25) is 9.80 Å². The fourth-order valence-corrected chi connectivity index (χ4v) is 4.99. The van der Waals surface area contributed by atoms with Gasteiger partial charge in [0.25, 0.3) is 0 Å². The molecule has 0 saturated carbocycles. The highest BCUT2D eigenvalue weighted by Gasteiger charge is 2.47. The van der Waals surface area contributed by atoms with E-state index in [9.17, 15) is 9.59 Å². The topological polar surface area (TPSA) is 59.1 Å². The highest BCUT2D eigenvalue weighted by molar-refractivity contribution is 9.10. The van der Waals surface area contributed by atoms with Crippen molar-refractivity contribution in [2.75, 3.05) is 31.6 Å². The Morgan fingerprint density at radius 2 is 1.90 bits per heavy atom. The number of anilines is 1. The zero-order valence-corrected chi connectivity index (χ0v) is 18.9. The minimum Gasteiger partial charge on any atom is -0.465 e. The lowest BCUT2D eigenvalue weighted by Crippen LogP contribution is -2.46. The maximum absolute atomic E-state index is 12.5. The van der Waals surface area contributed by atoms with Crippen molar-refractivity contribution in [1.29, 1.82) is 0 Å². The van der Waals surface area contributed by atoms with E-state index in [1.54, 1.807) is 29.2 Å². The number of ether oxygens (including phenoxy) is 2. The fraction of sp³-hybridized carbons (Fsp3) is 0.364. The third-order valence-corrected chi connectivity index (χ3v) is 6.34. The zero-order chi connectivity index (χ0) is 21.3. The Bertz CT molecular complexity index is 938. The molecule has 30 heavy (non-hydrogen) atoms. The van der Waals surface area contributed by atoms with Gasteiger partial charge >= 0.3 is 12.1 Å². The van der Waals surface area contributed by atoms with Crippen LogP contribution >= 0.6 is 27.5 Å². The van der Waals surface area contributed by atoms with E-state index in [-0.39, 0.29) is 6.09 Å². The maximum atomic E-state index is 12.5. The number of amides is 1. The number of carbonyl (C=O) groups is 2. The molecule has 8 heteroatoms. The van der Waals surface area contributed by atoms with Gasteiger partial charge in [-0.05, 0) is 48.0 Å². The number of rotatable bonds is 4. The van der Waals surface area contributed by atoms with Crippen molar-refractivity contribution >= 4 is 45.3 Å². The van der Waals surface area contributed by atoms with Gasteiger partial charge in [-0.15, -0.1) is 0 Å². The van der Waals surface area contributed by atoms with Crippen LogP contribution in [0.25, 0.3) is 0 Å². The molecular formula is C22H22BrClN2O4. The molecule has 2 heterocycles. The summed E-state index contributed by atoms with van der Waals surface area (Å²) < 4.78 is 11.5. The molecule has 2 saturated heterocycles. The van der Waals surface area contributed by atoms with Crippen LogP contribution < -0.4 is 4.90 Å². The normalized spacial score (nSPS) is 18.5. The Balaban J connectivity index is 1.39. The smallest absolute Gasteiger partial charge is 0.415 e. The molecule has 0 N–H and O–H groups in total. The number of likely N-dealkylation sites (tertiary alicyclic amines) is 1. The van der Waals surface area contributed by atoms with Crippen LogP contribution in [-0.4, -0.2) is 49.3 Å². The summed E-state index contributed by atoms with van der Waals surface area (Å²) in [6.45, 7) is 3.00. The number of hydrogen-bond donors (Lipinski definition) is 0. The molecule has 2 aromatic rings. The van der Waals surface area contributed by atoms with Crippen LogP contribution in [0.1, 0.15) is 28.8 Å². The van der Waals surface area contributed by atoms with Crippen LogP contribution in [-0.2, 0) is 16.0 Å². The standard InChI is InChI=1S/C22H22BrClN2O4/c1-29-20(27)16-2-4-19(5-3-16)26-14-22(30-21(26)28)6-8-25(9-7-22)13-15-10-17(23)12-18(24)11-15/h2-5,10-12H,6-9,13-14H2,1H3. The number of halogens is 2. The number of esters is 1. The summed E-state index contributed by atoms with van der Waals surface area (Å²) in [5.74, 6) is -0.402. The van der Waals surface area contributed by atoms with Crippen LogP contribution in [0.5, 0.6) is 0 Å². The maximum Gasteiger partial charge on any atom is 0.415 e. The van der Waals surface area contributed by atoms with E-state index in [1.165, 1.54) is 7.11 Å². The van der Waals surface area contributed by atoms with Crippen LogP contribution in [0, 0.1) is 0 Å². The number of piperidine rings is 1. The third-order valence-electron chi connectivity index (χ3n) is 5.67. The molecule has 2 aromatic carbocycles. The Kier molecular flexibility index (Phi) is 6.04. The molecule has 2 aliphatic rings. The van der Waals surface area contributed by atoms with Crippen molar-refractivity contribution in [3.63, 3.8) is 0 Å². The molecule has 0 aliphatic carbocycles. The van der Waals surface area contributed by atoms with Crippen molar-refractivity contribution in [2.45, 2.75) is 25.0 Å². The summed E-state index contributed by atoms with van der Waals surface area (Å²) in [6, 6.07) is 12.7. The van der Waals surface area contributed by atoms with Crippen molar-refractivity contribution in [3.05, 3.63) is 63.1 Å². The van der Waals surface area contributed by atoms with Crippen molar-refractivity contribution in [1.82, 2.24) is 4.90 Å². The van der Waals surface area contributed by atoms with Gasteiger partial charge in [0.1, 0.15) is 5.60 Å². The fourth-order valence-electron chi connectivity index (χ4n) is 4.06. The van der Waals surface area contributed by atoms with Crippen molar-refractivity contribution in [2.24, 2.45) is 0 Å². The lowest BCUT2D eigenvalue weighted by Gasteiger charge is -2.37. The second-order valence-electron chi connectivity index (χ2n) is 7.73. The van der Waals surface area contributed by atoms with E-state index in [0.29, 0.717) is 17.1 Å². The number of hydrogen-bond acceptors (Lipinski definition) is 5. The molecule has 158 valence electrons. The van der Waals surface area contributed by atoms with Crippen LogP contribution in [0.3, 0.4) is 0 Å². The second-order valence-corrected chi connectivity index (χ2v) is 9.08. The molecule has 0 bridgehead atoms. The Labute approximate surface area is 188 Å². The average Bonchev–Trinajstić information content (AvgIpc) is 3.04. The molecule has 1 spiro atoms. The third kappa shape index (κ3) is 4.48. The molecule has 2 aliphatic heterocycles. The Morgan fingerprint density at radius 1 is 1.20 bits per heavy atom. The van der Waals surface area contributed by atoms with Gasteiger partial charge in [0.05, 0.1) is 19.2 Å². The molecule has 0 unspecified atom stereocenters. The Hall–Kier alpha value is -2.09. The average molecular weight is 494 g/mol. The van der Waals surface area contributed by atoms with E-state index in [2.05, 4.69) is 26.9 Å². The summed E-state index contributed by atoms with van der Waals surface area (Å²) in [4.78, 5) is 28.2. The molecule has 6 nitrogen and oxygen atoms in total.